The van der Waals surface area contributed by atoms with E-state index in [4.69, 9.17) is 4.74 Å². The van der Waals surface area contributed by atoms with Gasteiger partial charge in [-0.15, -0.1) is 22.7 Å². The van der Waals surface area contributed by atoms with Crippen molar-refractivity contribution in [3.63, 3.8) is 0 Å². The third-order valence-corrected chi connectivity index (χ3v) is 9.06. The van der Waals surface area contributed by atoms with Crippen LogP contribution < -0.4 is 10.9 Å². The summed E-state index contributed by atoms with van der Waals surface area (Å²) in [5, 5.41) is 5.84. The fraction of sp³-hybridized carbons (Fsp3) is 0.379. The van der Waals surface area contributed by atoms with Crippen LogP contribution in [0, 0.1) is 5.92 Å². The first-order valence-electron chi connectivity index (χ1n) is 12.9. The van der Waals surface area contributed by atoms with Gasteiger partial charge < -0.3 is 10.1 Å². The topological polar surface area (TPSA) is 90.3 Å². The Bertz CT molecular complexity index is 1560. The minimum Gasteiger partial charge on any atom is -0.462 e. The SMILES string of the molecule is CCOC(=O)c1c(NC(=O)Cn2cnc3scc(-c4ccc(C(C)C)cc4)c3c2=O)sc2c1CCC(C)C2. The zero-order valence-electron chi connectivity index (χ0n) is 22.0. The van der Waals surface area contributed by atoms with Crippen LogP contribution in [-0.2, 0) is 28.9 Å². The van der Waals surface area contributed by atoms with E-state index in [1.807, 2.05) is 17.5 Å². The Morgan fingerprint density at radius 1 is 1.24 bits per heavy atom. The zero-order chi connectivity index (χ0) is 27.0. The summed E-state index contributed by atoms with van der Waals surface area (Å²) >= 11 is 2.85. The number of rotatable bonds is 7. The first kappa shape index (κ1) is 26.3. The number of ether oxygens (including phenoxy) is 1. The average Bonchev–Trinajstić information content (AvgIpc) is 3.47. The van der Waals surface area contributed by atoms with Crippen LogP contribution >= 0.6 is 22.7 Å². The van der Waals surface area contributed by atoms with Crippen LogP contribution in [0.3, 0.4) is 0 Å². The number of hydrogen-bond donors (Lipinski definition) is 1. The largest absolute Gasteiger partial charge is 0.462 e. The lowest BCUT2D eigenvalue weighted by atomic mass is 9.88. The van der Waals surface area contributed by atoms with Gasteiger partial charge in [0.05, 0.1) is 23.9 Å². The number of nitrogens with one attached hydrogen (secondary N) is 1. The van der Waals surface area contributed by atoms with E-state index in [2.05, 4.69) is 43.2 Å². The van der Waals surface area contributed by atoms with Crippen molar-refractivity contribution in [3.8, 4) is 11.1 Å². The standard InChI is InChI=1S/C29H31N3O4S2/c1-5-36-29(35)25-20-11-6-17(4)12-22(20)38-27(25)31-23(33)13-32-15-30-26-24(28(32)34)21(14-37-26)19-9-7-18(8-10-19)16(2)3/h7-10,14-17H,5-6,11-13H2,1-4H3,(H,31,33). The molecule has 0 bridgehead atoms. The lowest BCUT2D eigenvalue weighted by Crippen LogP contribution is -2.28. The molecule has 9 heteroatoms. The molecule has 7 nitrogen and oxygen atoms in total. The number of carbonyl (C=O) groups is 2. The number of aromatic nitrogens is 2. The molecule has 0 spiro atoms. The second-order valence-corrected chi connectivity index (χ2v) is 12.1. The van der Waals surface area contributed by atoms with Crippen LogP contribution in [0.5, 0.6) is 0 Å². The van der Waals surface area contributed by atoms with Gasteiger partial charge >= 0.3 is 5.97 Å². The molecule has 1 aromatic carbocycles. The van der Waals surface area contributed by atoms with Gasteiger partial charge in [0.1, 0.15) is 16.4 Å². The fourth-order valence-electron chi connectivity index (χ4n) is 4.92. The maximum atomic E-state index is 13.5. The van der Waals surface area contributed by atoms with E-state index < -0.39 is 5.97 Å². The number of amides is 1. The molecule has 1 aliphatic carbocycles. The van der Waals surface area contributed by atoms with E-state index in [1.54, 1.807) is 6.92 Å². The molecule has 1 aliphatic rings. The second-order valence-electron chi connectivity index (χ2n) is 10.1. The fourth-order valence-corrected chi connectivity index (χ4v) is 7.24. The number of thiophene rings is 2. The quantitative estimate of drug-likeness (QED) is 0.275. The van der Waals surface area contributed by atoms with Crippen molar-refractivity contribution in [1.82, 2.24) is 9.55 Å². The maximum Gasteiger partial charge on any atom is 0.341 e. The van der Waals surface area contributed by atoms with E-state index in [-0.39, 0.29) is 24.6 Å². The van der Waals surface area contributed by atoms with Crippen molar-refractivity contribution < 1.29 is 14.3 Å². The highest BCUT2D eigenvalue weighted by atomic mass is 32.1. The van der Waals surface area contributed by atoms with Gasteiger partial charge in [0.15, 0.2) is 0 Å². The van der Waals surface area contributed by atoms with E-state index >= 15 is 0 Å². The Kier molecular flexibility index (Phi) is 7.49. The molecule has 0 saturated carbocycles. The highest BCUT2D eigenvalue weighted by molar-refractivity contribution is 7.17. The molecule has 0 fully saturated rings. The predicted octanol–water partition coefficient (Wildman–Crippen LogP) is 6.25. The molecule has 0 saturated heterocycles. The van der Waals surface area contributed by atoms with E-state index in [9.17, 15) is 14.4 Å². The third kappa shape index (κ3) is 5.05. The van der Waals surface area contributed by atoms with E-state index in [0.29, 0.717) is 32.6 Å². The molecule has 4 aromatic rings. The molecule has 1 unspecified atom stereocenters. The summed E-state index contributed by atoms with van der Waals surface area (Å²) in [6.45, 7) is 8.30. The normalized spacial score (nSPS) is 15.0. The number of fused-ring (bicyclic) bond motifs is 2. The van der Waals surface area contributed by atoms with Crippen LogP contribution in [0.4, 0.5) is 5.00 Å². The van der Waals surface area contributed by atoms with E-state index in [0.717, 1.165) is 40.8 Å². The number of benzene rings is 1. The summed E-state index contributed by atoms with van der Waals surface area (Å²) in [6.07, 6.45) is 4.07. The minimum atomic E-state index is -0.415. The lowest BCUT2D eigenvalue weighted by Gasteiger charge is -2.18. The number of esters is 1. The molecule has 1 amide bonds. The Labute approximate surface area is 229 Å². The smallest absolute Gasteiger partial charge is 0.341 e. The number of anilines is 1. The van der Waals surface area contributed by atoms with Crippen molar-refractivity contribution in [1.29, 1.82) is 0 Å². The van der Waals surface area contributed by atoms with Gasteiger partial charge in [0.2, 0.25) is 5.91 Å². The van der Waals surface area contributed by atoms with Crippen molar-refractivity contribution in [2.45, 2.75) is 59.4 Å². The lowest BCUT2D eigenvalue weighted by molar-refractivity contribution is -0.116. The minimum absolute atomic E-state index is 0.204. The van der Waals surface area contributed by atoms with Gasteiger partial charge in [-0.25, -0.2) is 9.78 Å². The molecular weight excluding hydrogens is 518 g/mol. The third-order valence-electron chi connectivity index (χ3n) is 7.01. The van der Waals surface area contributed by atoms with Crippen molar-refractivity contribution in [2.75, 3.05) is 11.9 Å². The average molecular weight is 550 g/mol. The highest BCUT2D eigenvalue weighted by Gasteiger charge is 2.29. The predicted molar refractivity (Wildman–Crippen MR) is 153 cm³/mol. The molecule has 0 aliphatic heterocycles. The first-order chi connectivity index (χ1) is 18.3. The summed E-state index contributed by atoms with van der Waals surface area (Å²) in [7, 11) is 0. The van der Waals surface area contributed by atoms with Gasteiger partial charge in [0.25, 0.3) is 5.56 Å². The molecule has 3 aromatic heterocycles. The van der Waals surface area contributed by atoms with Gasteiger partial charge in [0, 0.05) is 15.8 Å². The van der Waals surface area contributed by atoms with Crippen LogP contribution in [0.25, 0.3) is 21.3 Å². The molecule has 1 atom stereocenters. The highest BCUT2D eigenvalue weighted by Crippen LogP contribution is 2.40. The zero-order valence-corrected chi connectivity index (χ0v) is 23.6. The van der Waals surface area contributed by atoms with Gasteiger partial charge in [-0.2, -0.15) is 0 Å². The van der Waals surface area contributed by atoms with Crippen LogP contribution in [0.15, 0.2) is 40.8 Å². The van der Waals surface area contributed by atoms with E-state index in [1.165, 1.54) is 39.1 Å². The first-order valence-corrected chi connectivity index (χ1v) is 14.6. The van der Waals surface area contributed by atoms with Crippen molar-refractivity contribution in [3.05, 3.63) is 67.9 Å². The summed E-state index contributed by atoms with van der Waals surface area (Å²) in [5.74, 6) is 0.143. The second kappa shape index (κ2) is 10.8. The molecule has 0 radical (unpaired) electrons. The Morgan fingerprint density at radius 2 is 2.00 bits per heavy atom. The van der Waals surface area contributed by atoms with Crippen LogP contribution in [-0.4, -0.2) is 28.0 Å². The summed E-state index contributed by atoms with van der Waals surface area (Å²) in [6, 6.07) is 8.20. The molecule has 5 rings (SSSR count). The molecule has 1 N–H and O–H groups in total. The molecular formula is C29H31N3O4S2. The molecule has 38 heavy (non-hydrogen) atoms. The van der Waals surface area contributed by atoms with Crippen molar-refractivity contribution >= 4 is 49.8 Å². The van der Waals surface area contributed by atoms with Gasteiger partial charge in [-0.05, 0) is 54.7 Å². The number of hydrogen-bond acceptors (Lipinski definition) is 7. The van der Waals surface area contributed by atoms with Crippen LogP contribution in [0.1, 0.15) is 66.4 Å². The molecule has 3 heterocycles. The Morgan fingerprint density at radius 3 is 2.71 bits per heavy atom. The molecule has 198 valence electrons. The summed E-state index contributed by atoms with van der Waals surface area (Å²) in [4.78, 5) is 45.6. The van der Waals surface area contributed by atoms with Crippen molar-refractivity contribution in [2.24, 2.45) is 5.92 Å². The van der Waals surface area contributed by atoms with Gasteiger partial charge in [-0.1, -0.05) is 45.0 Å². The maximum absolute atomic E-state index is 13.5. The summed E-state index contributed by atoms with van der Waals surface area (Å²) < 4.78 is 6.64. The Hall–Kier alpha value is -3.30. The van der Waals surface area contributed by atoms with Gasteiger partial charge in [-0.3, -0.25) is 14.2 Å². The summed E-state index contributed by atoms with van der Waals surface area (Å²) in [5.41, 5.74) is 4.16. The number of carbonyl (C=O) groups excluding carboxylic acids is 2. The number of nitrogens with zero attached hydrogens (tertiary/aromatic N) is 2. The monoisotopic (exact) mass is 549 g/mol. The van der Waals surface area contributed by atoms with Crippen LogP contribution in [0.2, 0.25) is 0 Å². The Balaban J connectivity index is 1.43.